The van der Waals surface area contributed by atoms with Crippen LogP contribution in [0.25, 0.3) is 83.6 Å². The monoisotopic (exact) mass is 717 g/mol. The third kappa shape index (κ3) is 5.88. The molecule has 0 amide bonds. The first-order chi connectivity index (χ1) is 26.5. The molecule has 0 aliphatic rings. The molecule has 0 bridgehead atoms. The van der Waals surface area contributed by atoms with Crippen molar-refractivity contribution in [2.24, 2.45) is 0 Å². The molecular formula is C50H43N3O2. The number of imidazole rings is 1. The summed E-state index contributed by atoms with van der Waals surface area (Å²) >= 11 is 0. The van der Waals surface area contributed by atoms with Gasteiger partial charge in [0.05, 0.1) is 28.0 Å². The Morgan fingerprint density at radius 3 is 2.07 bits per heavy atom. The first kappa shape index (κ1) is 34.3. The highest BCUT2D eigenvalue weighted by molar-refractivity contribution is 6.14. The molecule has 270 valence electrons. The van der Waals surface area contributed by atoms with Gasteiger partial charge in [-0.05, 0) is 76.1 Å². The van der Waals surface area contributed by atoms with Gasteiger partial charge in [0.15, 0.2) is 0 Å². The summed E-state index contributed by atoms with van der Waals surface area (Å²) in [5.74, 6) is 0.923. The van der Waals surface area contributed by atoms with E-state index in [1.165, 1.54) is 0 Å². The first-order valence-corrected chi connectivity index (χ1v) is 18.9. The largest absolute Gasteiger partial charge is 0.507 e. The highest BCUT2D eigenvalue weighted by Crippen LogP contribution is 2.46. The van der Waals surface area contributed by atoms with Crippen LogP contribution in [0.1, 0.15) is 52.7 Å². The summed E-state index contributed by atoms with van der Waals surface area (Å²) in [5, 5.41) is 14.4. The molecule has 0 aliphatic heterocycles. The van der Waals surface area contributed by atoms with E-state index in [1.807, 2.05) is 48.7 Å². The Bertz CT molecular complexity index is 2890. The number of hydrogen-bond acceptors (Lipinski definition) is 4. The normalized spacial score (nSPS) is 12.3. The average Bonchev–Trinajstić information content (AvgIpc) is 3.76. The topological polar surface area (TPSA) is 64.1 Å². The number of pyridine rings is 1. The molecule has 9 aromatic rings. The molecule has 5 nitrogen and oxygen atoms in total. The number of rotatable bonds is 5. The number of furan rings is 1. The number of benzene rings is 6. The zero-order valence-electron chi connectivity index (χ0n) is 32.1. The van der Waals surface area contributed by atoms with Crippen LogP contribution >= 0.6 is 0 Å². The van der Waals surface area contributed by atoms with Crippen molar-refractivity contribution < 1.29 is 9.52 Å². The van der Waals surface area contributed by atoms with Crippen molar-refractivity contribution in [1.82, 2.24) is 14.5 Å². The number of hydrogen-bond donors (Lipinski definition) is 1. The van der Waals surface area contributed by atoms with E-state index in [4.69, 9.17) is 14.4 Å². The lowest BCUT2D eigenvalue weighted by Crippen LogP contribution is -2.17. The SMILES string of the molecule is CC(C)(C)c1cc(-c2nc3c(-c4cc(-c5ccccn5)c5c(c4)oc4ccccc45)cccc3n2-c2ccccc2-c2ccccc2)c(O)c(C(C)(C)C)c1. The minimum atomic E-state index is -0.312. The van der Waals surface area contributed by atoms with Gasteiger partial charge in [0, 0.05) is 39.2 Å². The van der Waals surface area contributed by atoms with Gasteiger partial charge in [-0.2, -0.15) is 0 Å². The Kier molecular flexibility index (Phi) is 8.01. The molecule has 6 aromatic carbocycles. The van der Waals surface area contributed by atoms with Gasteiger partial charge in [-0.1, -0.05) is 133 Å². The molecule has 3 heterocycles. The Labute approximate surface area is 321 Å². The fourth-order valence-electron chi connectivity index (χ4n) is 7.83. The van der Waals surface area contributed by atoms with E-state index in [-0.39, 0.29) is 16.6 Å². The van der Waals surface area contributed by atoms with Gasteiger partial charge >= 0.3 is 0 Å². The summed E-state index contributed by atoms with van der Waals surface area (Å²) in [6, 6.07) is 48.1. The van der Waals surface area contributed by atoms with Gasteiger partial charge in [0.1, 0.15) is 22.7 Å². The van der Waals surface area contributed by atoms with E-state index in [9.17, 15) is 5.11 Å². The molecule has 5 heteroatoms. The van der Waals surface area contributed by atoms with E-state index in [0.29, 0.717) is 11.4 Å². The van der Waals surface area contributed by atoms with Crippen LogP contribution in [0.15, 0.2) is 150 Å². The molecule has 1 N–H and O–H groups in total. The van der Waals surface area contributed by atoms with Gasteiger partial charge in [-0.3, -0.25) is 9.55 Å². The molecule has 0 fully saturated rings. The van der Waals surface area contributed by atoms with Crippen molar-refractivity contribution in [1.29, 1.82) is 0 Å². The van der Waals surface area contributed by atoms with Gasteiger partial charge in [-0.15, -0.1) is 0 Å². The number of aromatic hydroxyl groups is 1. The van der Waals surface area contributed by atoms with E-state index < -0.39 is 0 Å². The van der Waals surface area contributed by atoms with Crippen LogP contribution in [-0.2, 0) is 10.8 Å². The highest BCUT2D eigenvalue weighted by atomic mass is 16.3. The second-order valence-corrected chi connectivity index (χ2v) is 16.5. The Balaban J connectivity index is 1.39. The molecule has 3 aromatic heterocycles. The van der Waals surface area contributed by atoms with Crippen LogP contribution in [-0.4, -0.2) is 19.6 Å². The molecule has 0 saturated carbocycles. The Morgan fingerprint density at radius 2 is 1.31 bits per heavy atom. The standard InChI is InChI=1S/C50H43N3O2/c1-49(2,3)33-29-38(47(54)39(30-33)50(4,5)6)48-52-46-35(21-16-24-42(46)53(48)41-23-12-10-19-34(41)31-17-8-7-9-18-31)32-27-37(40-22-14-15-26-51-40)45-36-20-11-13-25-43(36)55-44(45)28-32/h7-30,54H,1-6H3. The van der Waals surface area contributed by atoms with Gasteiger partial charge < -0.3 is 9.52 Å². The third-order valence-electron chi connectivity index (χ3n) is 10.7. The first-order valence-electron chi connectivity index (χ1n) is 18.9. The molecule has 0 aliphatic carbocycles. The molecule has 0 radical (unpaired) electrons. The van der Waals surface area contributed by atoms with Crippen LogP contribution < -0.4 is 0 Å². The molecule has 0 atom stereocenters. The number of aromatic nitrogens is 3. The summed E-state index contributed by atoms with van der Waals surface area (Å²) in [6.45, 7) is 13.1. The number of nitrogens with zero attached hydrogens (tertiary/aromatic N) is 3. The fourth-order valence-corrected chi connectivity index (χ4v) is 7.83. The van der Waals surface area contributed by atoms with Crippen LogP contribution in [0.2, 0.25) is 0 Å². The minimum Gasteiger partial charge on any atom is -0.507 e. The predicted octanol–water partition coefficient (Wildman–Crippen LogP) is 13.3. The van der Waals surface area contributed by atoms with Crippen LogP contribution in [0.5, 0.6) is 5.75 Å². The van der Waals surface area contributed by atoms with Crippen molar-refractivity contribution in [2.75, 3.05) is 0 Å². The van der Waals surface area contributed by atoms with Crippen molar-refractivity contribution in [2.45, 2.75) is 52.4 Å². The number of phenols is 1. The summed E-state index contributed by atoms with van der Waals surface area (Å²) in [7, 11) is 0. The lowest BCUT2D eigenvalue weighted by atomic mass is 9.79. The smallest absolute Gasteiger partial charge is 0.149 e. The van der Waals surface area contributed by atoms with Gasteiger partial charge in [-0.25, -0.2) is 4.98 Å². The second kappa shape index (κ2) is 12.8. The lowest BCUT2D eigenvalue weighted by molar-refractivity contribution is 0.446. The maximum atomic E-state index is 12.3. The molecule has 9 rings (SSSR count). The van der Waals surface area contributed by atoms with E-state index >= 15 is 0 Å². The van der Waals surface area contributed by atoms with Gasteiger partial charge in [0.2, 0.25) is 0 Å². The van der Waals surface area contributed by atoms with Gasteiger partial charge in [0.25, 0.3) is 0 Å². The van der Waals surface area contributed by atoms with E-state index in [1.54, 1.807) is 0 Å². The maximum absolute atomic E-state index is 12.3. The molecule has 0 spiro atoms. The Hall–Kier alpha value is -6.46. The predicted molar refractivity (Wildman–Crippen MR) is 227 cm³/mol. The zero-order chi connectivity index (χ0) is 38.1. The van der Waals surface area contributed by atoms with Crippen molar-refractivity contribution in [3.8, 4) is 56.3 Å². The lowest BCUT2D eigenvalue weighted by Gasteiger charge is -2.27. The second-order valence-electron chi connectivity index (χ2n) is 16.5. The maximum Gasteiger partial charge on any atom is 0.149 e. The third-order valence-corrected chi connectivity index (χ3v) is 10.7. The summed E-state index contributed by atoms with van der Waals surface area (Å²) in [5.41, 5.74) is 12.5. The summed E-state index contributed by atoms with van der Waals surface area (Å²) in [6.07, 6.45) is 1.83. The van der Waals surface area contributed by atoms with Crippen LogP contribution in [0.3, 0.4) is 0 Å². The molecular weight excluding hydrogens is 675 g/mol. The van der Waals surface area contributed by atoms with Crippen LogP contribution in [0, 0.1) is 0 Å². The average molecular weight is 718 g/mol. The van der Waals surface area contributed by atoms with Crippen LogP contribution in [0.4, 0.5) is 0 Å². The van der Waals surface area contributed by atoms with Crippen molar-refractivity contribution >= 4 is 33.0 Å². The fraction of sp³-hybridized carbons (Fsp3) is 0.160. The number of fused-ring (bicyclic) bond motifs is 4. The zero-order valence-corrected chi connectivity index (χ0v) is 32.1. The van der Waals surface area contributed by atoms with E-state index in [0.717, 1.165) is 83.3 Å². The number of phenolic OH excluding ortho intramolecular Hbond substituents is 1. The van der Waals surface area contributed by atoms with Crippen molar-refractivity contribution in [3.05, 3.63) is 157 Å². The molecule has 0 saturated heterocycles. The molecule has 55 heavy (non-hydrogen) atoms. The Morgan fingerprint density at radius 1 is 0.582 bits per heavy atom. The molecule has 0 unspecified atom stereocenters. The van der Waals surface area contributed by atoms with Crippen molar-refractivity contribution in [3.63, 3.8) is 0 Å². The minimum absolute atomic E-state index is 0.170. The highest BCUT2D eigenvalue weighted by Gasteiger charge is 2.29. The number of para-hydroxylation sites is 3. The van der Waals surface area contributed by atoms with E-state index in [2.05, 4.69) is 143 Å². The quantitative estimate of drug-likeness (QED) is 0.192. The summed E-state index contributed by atoms with van der Waals surface area (Å²) in [4.78, 5) is 10.4. The summed E-state index contributed by atoms with van der Waals surface area (Å²) < 4.78 is 8.77.